The van der Waals surface area contributed by atoms with E-state index in [0.717, 1.165) is 31.8 Å². The predicted octanol–water partition coefficient (Wildman–Crippen LogP) is 2.90. The molecule has 1 aliphatic rings. The van der Waals surface area contributed by atoms with E-state index in [1.807, 2.05) is 23.1 Å². The van der Waals surface area contributed by atoms with E-state index in [-0.39, 0.29) is 0 Å². The molecule has 0 radical (unpaired) electrons. The lowest BCUT2D eigenvalue weighted by atomic mass is 10.0. The summed E-state index contributed by atoms with van der Waals surface area (Å²) in [4.78, 5) is 2.36. The van der Waals surface area contributed by atoms with Crippen molar-refractivity contribution in [3.05, 3.63) is 47.3 Å². The van der Waals surface area contributed by atoms with Gasteiger partial charge in [0.15, 0.2) is 0 Å². The Morgan fingerprint density at radius 1 is 1.27 bits per heavy atom. The molecule has 1 aromatic heterocycles. The molecule has 0 amide bonds. The third-order valence-electron chi connectivity index (χ3n) is 4.42. The Kier molecular flexibility index (Phi) is 4.78. The van der Waals surface area contributed by atoms with Crippen LogP contribution in [0.5, 0.6) is 5.75 Å². The first-order chi connectivity index (χ1) is 10.8. The van der Waals surface area contributed by atoms with Gasteiger partial charge >= 0.3 is 0 Å². The summed E-state index contributed by atoms with van der Waals surface area (Å²) in [5.41, 5.74) is 4.30. The van der Waals surface area contributed by atoms with Crippen molar-refractivity contribution in [2.24, 2.45) is 0 Å². The largest absolute Gasteiger partial charge is 0.496 e. The Bertz CT molecular complexity index is 607. The molecule has 0 atom stereocenters. The van der Waals surface area contributed by atoms with Crippen molar-refractivity contribution in [1.29, 1.82) is 0 Å². The second-order valence-electron chi connectivity index (χ2n) is 6.15. The van der Waals surface area contributed by atoms with Crippen molar-refractivity contribution >= 4 is 0 Å². The number of ether oxygens (including phenoxy) is 1. The summed E-state index contributed by atoms with van der Waals surface area (Å²) in [6.07, 6.45) is 8.65. The van der Waals surface area contributed by atoms with Crippen molar-refractivity contribution in [1.82, 2.24) is 14.7 Å². The molecule has 0 unspecified atom stereocenters. The molecule has 22 heavy (non-hydrogen) atoms. The highest BCUT2D eigenvalue weighted by Crippen LogP contribution is 2.30. The van der Waals surface area contributed by atoms with Crippen LogP contribution in [0.25, 0.3) is 0 Å². The van der Waals surface area contributed by atoms with Gasteiger partial charge in [0.05, 0.1) is 7.11 Å². The normalized spacial score (nSPS) is 13.6. The minimum Gasteiger partial charge on any atom is -0.496 e. The van der Waals surface area contributed by atoms with Crippen molar-refractivity contribution in [3.8, 4) is 5.75 Å². The number of aromatic nitrogens is 2. The lowest BCUT2D eigenvalue weighted by molar-refractivity contribution is 0.304. The van der Waals surface area contributed by atoms with Crippen molar-refractivity contribution < 1.29 is 4.74 Å². The van der Waals surface area contributed by atoms with Crippen LogP contribution in [0.3, 0.4) is 0 Å². The minimum atomic E-state index is 0.940. The zero-order valence-corrected chi connectivity index (χ0v) is 13.6. The highest BCUT2D eigenvalue weighted by molar-refractivity contribution is 5.44. The van der Waals surface area contributed by atoms with Crippen LogP contribution in [0.1, 0.15) is 29.5 Å². The van der Waals surface area contributed by atoms with Crippen molar-refractivity contribution in [2.45, 2.75) is 38.8 Å². The molecule has 0 aliphatic heterocycles. The number of methoxy groups -OCH3 is 1. The average molecular weight is 299 g/mol. The van der Waals surface area contributed by atoms with Crippen LogP contribution in [0.2, 0.25) is 0 Å². The van der Waals surface area contributed by atoms with Gasteiger partial charge in [0, 0.05) is 31.0 Å². The molecule has 0 N–H and O–H groups in total. The summed E-state index contributed by atoms with van der Waals surface area (Å²) < 4.78 is 7.58. The summed E-state index contributed by atoms with van der Waals surface area (Å²) in [5, 5.41) is 4.24. The molecule has 0 saturated heterocycles. The zero-order chi connectivity index (χ0) is 15.4. The highest BCUT2D eigenvalue weighted by Gasteiger charge is 2.16. The van der Waals surface area contributed by atoms with E-state index in [2.05, 4.69) is 29.2 Å². The lowest BCUT2D eigenvalue weighted by Gasteiger charge is -2.19. The maximum Gasteiger partial charge on any atom is 0.123 e. The van der Waals surface area contributed by atoms with Gasteiger partial charge < -0.3 is 9.64 Å². The Morgan fingerprint density at radius 3 is 2.82 bits per heavy atom. The number of hydrogen-bond acceptors (Lipinski definition) is 3. The van der Waals surface area contributed by atoms with Crippen LogP contribution in [0.4, 0.5) is 0 Å². The van der Waals surface area contributed by atoms with Gasteiger partial charge in [-0.25, -0.2) is 0 Å². The SMILES string of the molecule is COc1cc2c(cc1CN(C)CCCn1cccn1)CCC2. The third kappa shape index (κ3) is 3.50. The van der Waals surface area contributed by atoms with Crippen LogP contribution < -0.4 is 4.74 Å². The Labute approximate surface area is 132 Å². The number of aryl methyl sites for hydroxylation is 3. The molecule has 118 valence electrons. The van der Waals surface area contributed by atoms with Crippen LogP contribution in [-0.2, 0) is 25.9 Å². The van der Waals surface area contributed by atoms with Crippen LogP contribution in [-0.4, -0.2) is 35.4 Å². The smallest absolute Gasteiger partial charge is 0.123 e. The highest BCUT2D eigenvalue weighted by atomic mass is 16.5. The molecule has 0 bridgehead atoms. The maximum absolute atomic E-state index is 5.59. The molecule has 1 aromatic carbocycles. The summed E-state index contributed by atoms with van der Waals surface area (Å²) in [6, 6.07) is 6.57. The number of nitrogens with zero attached hydrogens (tertiary/aromatic N) is 3. The molecule has 2 aromatic rings. The van der Waals surface area contributed by atoms with E-state index in [4.69, 9.17) is 4.74 Å². The summed E-state index contributed by atoms with van der Waals surface area (Å²) in [6.45, 7) is 2.97. The van der Waals surface area contributed by atoms with Gasteiger partial charge in [0.2, 0.25) is 0 Å². The topological polar surface area (TPSA) is 30.3 Å². The zero-order valence-electron chi connectivity index (χ0n) is 13.6. The Balaban J connectivity index is 1.57. The van der Waals surface area contributed by atoms with Gasteiger partial charge in [-0.2, -0.15) is 5.10 Å². The lowest BCUT2D eigenvalue weighted by Crippen LogP contribution is -2.21. The second-order valence-corrected chi connectivity index (χ2v) is 6.15. The van der Waals surface area contributed by atoms with Crippen molar-refractivity contribution in [2.75, 3.05) is 20.7 Å². The van der Waals surface area contributed by atoms with E-state index < -0.39 is 0 Å². The third-order valence-corrected chi connectivity index (χ3v) is 4.42. The van der Waals surface area contributed by atoms with E-state index in [1.54, 1.807) is 7.11 Å². The number of rotatable bonds is 7. The molecule has 3 rings (SSSR count). The fraction of sp³-hybridized carbons (Fsp3) is 0.500. The van der Waals surface area contributed by atoms with E-state index in [0.29, 0.717) is 0 Å². The first-order valence-corrected chi connectivity index (χ1v) is 8.11. The first kappa shape index (κ1) is 15.1. The number of benzene rings is 1. The Morgan fingerprint density at radius 2 is 2.09 bits per heavy atom. The molecule has 0 fully saturated rings. The fourth-order valence-electron chi connectivity index (χ4n) is 3.27. The Hall–Kier alpha value is -1.81. The van der Waals surface area contributed by atoms with Crippen LogP contribution >= 0.6 is 0 Å². The molecular formula is C18H25N3O. The van der Waals surface area contributed by atoms with Gasteiger partial charge in [-0.1, -0.05) is 6.07 Å². The predicted molar refractivity (Wildman–Crippen MR) is 88.2 cm³/mol. The van der Waals surface area contributed by atoms with E-state index in [9.17, 15) is 0 Å². The standard InChI is InChI=1S/C18H25N3O/c1-20(9-5-11-21-10-4-8-19-21)14-17-12-15-6-3-7-16(15)13-18(17)22-2/h4,8,10,12-13H,3,5-7,9,11,14H2,1-2H3. The van der Waals surface area contributed by atoms with Gasteiger partial charge in [-0.05, 0) is 62.5 Å². The summed E-state index contributed by atoms with van der Waals surface area (Å²) in [5.74, 6) is 1.04. The fourth-order valence-corrected chi connectivity index (χ4v) is 3.27. The molecule has 1 heterocycles. The van der Waals surface area contributed by atoms with Crippen LogP contribution in [0.15, 0.2) is 30.6 Å². The monoisotopic (exact) mass is 299 g/mol. The molecular weight excluding hydrogens is 274 g/mol. The van der Waals surface area contributed by atoms with Gasteiger partial charge in [-0.15, -0.1) is 0 Å². The van der Waals surface area contributed by atoms with Crippen molar-refractivity contribution in [3.63, 3.8) is 0 Å². The van der Waals surface area contributed by atoms with Gasteiger partial charge in [0.25, 0.3) is 0 Å². The van der Waals surface area contributed by atoms with E-state index >= 15 is 0 Å². The number of fused-ring (bicyclic) bond motifs is 1. The minimum absolute atomic E-state index is 0.940. The quantitative estimate of drug-likeness (QED) is 0.787. The average Bonchev–Trinajstić information content (AvgIpc) is 3.17. The van der Waals surface area contributed by atoms with Gasteiger partial charge in [-0.3, -0.25) is 4.68 Å². The van der Waals surface area contributed by atoms with E-state index in [1.165, 1.54) is 36.0 Å². The molecule has 4 heteroatoms. The maximum atomic E-state index is 5.59. The molecule has 4 nitrogen and oxygen atoms in total. The molecule has 0 spiro atoms. The molecule has 0 saturated carbocycles. The first-order valence-electron chi connectivity index (χ1n) is 8.11. The van der Waals surface area contributed by atoms with Crippen LogP contribution in [0, 0.1) is 0 Å². The van der Waals surface area contributed by atoms with Gasteiger partial charge in [0.1, 0.15) is 5.75 Å². The molecule has 1 aliphatic carbocycles. The second kappa shape index (κ2) is 6.97. The summed E-state index contributed by atoms with van der Waals surface area (Å²) >= 11 is 0. The summed E-state index contributed by atoms with van der Waals surface area (Å²) in [7, 11) is 3.95. The number of hydrogen-bond donors (Lipinski definition) is 0.